The number of nitrogens with zero attached hydrogens (tertiary/aromatic N) is 3. The molecule has 2 heterocycles. The lowest BCUT2D eigenvalue weighted by Crippen LogP contribution is -2.13. The fourth-order valence-corrected chi connectivity index (χ4v) is 1.47. The Morgan fingerprint density at radius 3 is 2.63 bits per heavy atom. The van der Waals surface area contributed by atoms with Gasteiger partial charge in [-0.3, -0.25) is 0 Å². The van der Waals surface area contributed by atoms with Crippen molar-refractivity contribution in [2.45, 2.75) is 13.5 Å². The number of aryl methyl sites for hydroxylation is 1. The van der Waals surface area contributed by atoms with Crippen molar-refractivity contribution >= 4 is 11.6 Å². The van der Waals surface area contributed by atoms with Crippen LogP contribution in [0.15, 0.2) is 18.3 Å². The molecule has 0 bridgehead atoms. The van der Waals surface area contributed by atoms with Crippen LogP contribution < -0.4 is 16.6 Å². The number of hydrogen-bond donors (Lipinski definition) is 3. The quantitative estimate of drug-likeness (QED) is 0.572. The minimum atomic E-state index is -0.858. The van der Waals surface area contributed by atoms with Gasteiger partial charge in [0, 0.05) is 12.3 Å². The van der Waals surface area contributed by atoms with Gasteiger partial charge in [0.05, 0.1) is 12.2 Å². The largest absolute Gasteiger partial charge is 0.362 e. The minimum absolute atomic E-state index is 0.106. The zero-order chi connectivity index (χ0) is 13.8. The average Bonchev–Trinajstić information content (AvgIpc) is 2.38. The van der Waals surface area contributed by atoms with Gasteiger partial charge in [-0.2, -0.15) is 0 Å². The summed E-state index contributed by atoms with van der Waals surface area (Å²) in [7, 11) is 0. The van der Waals surface area contributed by atoms with E-state index in [4.69, 9.17) is 5.84 Å². The molecule has 0 saturated carbocycles. The maximum Gasteiger partial charge on any atom is 0.178 e. The van der Waals surface area contributed by atoms with Gasteiger partial charge in [0.1, 0.15) is 5.82 Å². The average molecular weight is 266 g/mol. The third-order valence-corrected chi connectivity index (χ3v) is 2.34. The van der Waals surface area contributed by atoms with Crippen LogP contribution in [0.25, 0.3) is 0 Å². The molecule has 19 heavy (non-hydrogen) atoms. The molecule has 2 aromatic heterocycles. The third-order valence-electron chi connectivity index (χ3n) is 2.34. The number of nitrogens with one attached hydrogen (secondary N) is 2. The lowest BCUT2D eigenvalue weighted by Gasteiger charge is -2.09. The summed E-state index contributed by atoms with van der Waals surface area (Å²) in [6, 6.07) is 2.39. The van der Waals surface area contributed by atoms with E-state index in [1.54, 1.807) is 19.2 Å². The van der Waals surface area contributed by atoms with Crippen LogP contribution in [0, 0.1) is 18.6 Å². The van der Waals surface area contributed by atoms with Crippen LogP contribution in [0.5, 0.6) is 0 Å². The first-order chi connectivity index (χ1) is 9.10. The second kappa shape index (κ2) is 5.53. The fourth-order valence-electron chi connectivity index (χ4n) is 1.47. The molecule has 100 valence electrons. The van der Waals surface area contributed by atoms with E-state index in [1.807, 2.05) is 0 Å². The molecule has 0 aliphatic rings. The lowest BCUT2D eigenvalue weighted by molar-refractivity contribution is 0.578. The summed E-state index contributed by atoms with van der Waals surface area (Å²) in [6.45, 7) is 1.99. The smallest absolute Gasteiger partial charge is 0.178 e. The van der Waals surface area contributed by atoms with E-state index in [9.17, 15) is 8.78 Å². The molecule has 0 aliphatic heterocycles. The predicted molar refractivity (Wildman–Crippen MR) is 66.1 cm³/mol. The van der Waals surface area contributed by atoms with Crippen LogP contribution in [0.1, 0.15) is 11.5 Å². The van der Waals surface area contributed by atoms with Crippen molar-refractivity contribution in [1.82, 2.24) is 15.0 Å². The molecule has 2 rings (SSSR count). The summed E-state index contributed by atoms with van der Waals surface area (Å²) >= 11 is 0. The molecule has 0 unspecified atom stereocenters. The van der Waals surface area contributed by atoms with Gasteiger partial charge >= 0.3 is 0 Å². The monoisotopic (exact) mass is 266 g/mol. The Hall–Kier alpha value is -2.35. The van der Waals surface area contributed by atoms with Crippen molar-refractivity contribution in [3.05, 3.63) is 41.5 Å². The highest BCUT2D eigenvalue weighted by Crippen LogP contribution is 2.18. The highest BCUT2D eigenvalue weighted by Gasteiger charge is 2.11. The molecule has 0 amide bonds. The van der Waals surface area contributed by atoms with E-state index in [1.165, 1.54) is 0 Å². The van der Waals surface area contributed by atoms with Crippen LogP contribution in [-0.2, 0) is 6.54 Å². The van der Waals surface area contributed by atoms with Gasteiger partial charge < -0.3 is 10.7 Å². The van der Waals surface area contributed by atoms with E-state index >= 15 is 0 Å². The van der Waals surface area contributed by atoms with Gasteiger partial charge in [0.2, 0.25) is 0 Å². The number of rotatable bonds is 4. The van der Waals surface area contributed by atoms with Gasteiger partial charge in [-0.15, -0.1) is 0 Å². The van der Waals surface area contributed by atoms with Gasteiger partial charge in [-0.25, -0.2) is 29.6 Å². The highest BCUT2D eigenvalue weighted by molar-refractivity contribution is 5.46. The van der Waals surface area contributed by atoms with Gasteiger partial charge in [-0.1, -0.05) is 0 Å². The number of halogens is 2. The van der Waals surface area contributed by atoms with E-state index < -0.39 is 11.6 Å². The second-order valence-electron chi connectivity index (χ2n) is 3.74. The number of aromatic nitrogens is 3. The van der Waals surface area contributed by atoms with Crippen LogP contribution in [0.2, 0.25) is 0 Å². The second-order valence-corrected chi connectivity index (χ2v) is 3.74. The molecule has 0 radical (unpaired) electrons. The molecule has 4 N–H and O–H groups in total. The number of nitrogen functional groups attached to an aromatic ring is 1. The number of hydrogen-bond acceptors (Lipinski definition) is 6. The summed E-state index contributed by atoms with van der Waals surface area (Å²) < 4.78 is 26.6. The SMILES string of the molecule is Cc1nccc(CNc2nc(NN)c(F)cc2F)n1. The molecule has 0 saturated heterocycles. The molecule has 6 nitrogen and oxygen atoms in total. The van der Waals surface area contributed by atoms with Gasteiger partial charge in [0.15, 0.2) is 23.3 Å². The molecule has 0 spiro atoms. The molecular formula is C11H12F2N6. The summed E-state index contributed by atoms with van der Waals surface area (Å²) in [5.41, 5.74) is 2.72. The van der Waals surface area contributed by atoms with Crippen LogP contribution >= 0.6 is 0 Å². The first kappa shape index (κ1) is 13.1. The standard InChI is InChI=1S/C11H12F2N6/c1-6-15-3-2-7(17-6)5-16-10-8(12)4-9(13)11(18-10)19-14/h2-4H,5,14H2,1H3,(H2,16,18,19). The van der Waals surface area contributed by atoms with E-state index in [-0.39, 0.29) is 18.2 Å². The zero-order valence-electron chi connectivity index (χ0n) is 10.1. The Labute approximate surface area is 108 Å². The third kappa shape index (κ3) is 3.10. The van der Waals surface area contributed by atoms with Crippen molar-refractivity contribution in [1.29, 1.82) is 0 Å². The van der Waals surface area contributed by atoms with Crippen LogP contribution in [-0.4, -0.2) is 15.0 Å². The van der Waals surface area contributed by atoms with Crippen molar-refractivity contribution in [2.75, 3.05) is 10.7 Å². The topological polar surface area (TPSA) is 88.8 Å². The molecule has 0 atom stereocenters. The Morgan fingerprint density at radius 1 is 1.21 bits per heavy atom. The number of hydrazine groups is 1. The van der Waals surface area contributed by atoms with Crippen molar-refractivity contribution in [3.8, 4) is 0 Å². The molecule has 0 aromatic carbocycles. The molecule has 0 aliphatic carbocycles. The Morgan fingerprint density at radius 2 is 1.95 bits per heavy atom. The van der Waals surface area contributed by atoms with Crippen molar-refractivity contribution in [3.63, 3.8) is 0 Å². The first-order valence-corrected chi connectivity index (χ1v) is 5.45. The summed E-state index contributed by atoms with van der Waals surface area (Å²) in [4.78, 5) is 11.8. The summed E-state index contributed by atoms with van der Waals surface area (Å²) in [5.74, 6) is 3.68. The number of anilines is 2. The highest BCUT2D eigenvalue weighted by atomic mass is 19.1. The summed E-state index contributed by atoms with van der Waals surface area (Å²) in [5, 5.41) is 2.72. The summed E-state index contributed by atoms with van der Waals surface area (Å²) in [6.07, 6.45) is 1.60. The lowest BCUT2D eigenvalue weighted by atomic mass is 10.3. The van der Waals surface area contributed by atoms with E-state index in [2.05, 4.69) is 25.7 Å². The van der Waals surface area contributed by atoms with Crippen LogP contribution in [0.4, 0.5) is 20.4 Å². The zero-order valence-corrected chi connectivity index (χ0v) is 10.1. The molecule has 2 aromatic rings. The first-order valence-electron chi connectivity index (χ1n) is 5.45. The van der Waals surface area contributed by atoms with E-state index in [0.717, 1.165) is 0 Å². The van der Waals surface area contributed by atoms with E-state index in [0.29, 0.717) is 17.6 Å². The van der Waals surface area contributed by atoms with Gasteiger partial charge in [-0.05, 0) is 13.0 Å². The fraction of sp³-hybridized carbons (Fsp3) is 0.182. The van der Waals surface area contributed by atoms with Crippen molar-refractivity contribution < 1.29 is 8.78 Å². The minimum Gasteiger partial charge on any atom is -0.362 e. The number of nitrogens with two attached hydrogens (primary N) is 1. The Kier molecular flexibility index (Phi) is 3.81. The molecule has 0 fully saturated rings. The Balaban J connectivity index is 2.15. The maximum atomic E-state index is 13.5. The normalized spacial score (nSPS) is 10.3. The Bertz CT molecular complexity index is 589. The molecule has 8 heteroatoms. The maximum absolute atomic E-state index is 13.5. The van der Waals surface area contributed by atoms with Gasteiger partial charge in [0.25, 0.3) is 0 Å². The number of pyridine rings is 1. The van der Waals surface area contributed by atoms with Crippen LogP contribution in [0.3, 0.4) is 0 Å². The molecular weight excluding hydrogens is 254 g/mol. The van der Waals surface area contributed by atoms with Crippen molar-refractivity contribution in [2.24, 2.45) is 5.84 Å². The predicted octanol–water partition coefficient (Wildman–Crippen LogP) is 1.36.